The predicted molar refractivity (Wildman–Crippen MR) is 132 cm³/mol. The largest absolute Gasteiger partial charge is 0.361 e. The molecule has 0 aliphatic carbocycles. The summed E-state index contributed by atoms with van der Waals surface area (Å²) < 4.78 is 5.94. The summed E-state index contributed by atoms with van der Waals surface area (Å²) in [6.45, 7) is 8.78. The molecular weight excluding hydrogens is 484 g/mol. The number of nitrogens with one attached hydrogen (secondary N) is 1. The highest BCUT2D eigenvalue weighted by molar-refractivity contribution is 9.10. The molecule has 3 rings (SSSR count). The first kappa shape index (κ1) is 24.7. The molecule has 2 amide bonds. The van der Waals surface area contributed by atoms with Crippen LogP contribution in [0, 0.1) is 19.3 Å². The van der Waals surface area contributed by atoms with Gasteiger partial charge in [0.2, 0.25) is 0 Å². The van der Waals surface area contributed by atoms with Crippen molar-refractivity contribution in [3.8, 4) is 0 Å². The zero-order valence-electron chi connectivity index (χ0n) is 19.3. The van der Waals surface area contributed by atoms with Crippen LogP contribution in [0.3, 0.4) is 0 Å². The number of hydrogen-bond donors (Lipinski definition) is 2. The minimum absolute atomic E-state index is 0.157. The van der Waals surface area contributed by atoms with Gasteiger partial charge in [-0.05, 0) is 71.6 Å². The Morgan fingerprint density at radius 3 is 2.52 bits per heavy atom. The van der Waals surface area contributed by atoms with Crippen LogP contribution >= 0.6 is 15.9 Å². The van der Waals surface area contributed by atoms with E-state index in [0.717, 1.165) is 10.0 Å². The maximum atomic E-state index is 13.4. The highest BCUT2D eigenvalue weighted by Crippen LogP contribution is 2.24. The molecule has 0 bridgehead atoms. The Bertz CT molecular complexity index is 1140. The molecule has 0 atom stereocenters. The van der Waals surface area contributed by atoms with Crippen LogP contribution in [0.25, 0.3) is 0 Å². The number of hydrogen-bond acceptors (Lipinski definition) is 5. The molecule has 33 heavy (non-hydrogen) atoms. The summed E-state index contributed by atoms with van der Waals surface area (Å²) >= 11 is 3.41. The second kappa shape index (κ2) is 10.3. The fraction of sp³-hybridized carbons (Fsp3) is 0.320. The van der Waals surface area contributed by atoms with Crippen LogP contribution in [0.2, 0.25) is 0 Å². The molecule has 7 nitrogen and oxygen atoms in total. The van der Waals surface area contributed by atoms with Gasteiger partial charge in [-0.2, -0.15) is 0 Å². The van der Waals surface area contributed by atoms with Gasteiger partial charge in [0, 0.05) is 23.2 Å². The van der Waals surface area contributed by atoms with E-state index >= 15 is 0 Å². The molecule has 0 saturated carbocycles. The Kier molecular flexibility index (Phi) is 7.71. The number of anilines is 1. The van der Waals surface area contributed by atoms with Crippen LogP contribution in [-0.4, -0.2) is 35.0 Å². The molecule has 0 fully saturated rings. The maximum absolute atomic E-state index is 13.4. The van der Waals surface area contributed by atoms with Gasteiger partial charge < -0.3 is 20.5 Å². The van der Waals surface area contributed by atoms with Crippen molar-refractivity contribution in [2.24, 2.45) is 11.1 Å². The lowest BCUT2D eigenvalue weighted by atomic mass is 9.92. The molecule has 0 radical (unpaired) electrons. The minimum Gasteiger partial charge on any atom is -0.361 e. The molecule has 0 saturated heterocycles. The molecule has 3 N–H and O–H groups in total. The first-order valence-electron chi connectivity index (χ1n) is 10.7. The van der Waals surface area contributed by atoms with Gasteiger partial charge in [0.25, 0.3) is 11.8 Å². The number of nitrogens with zero attached hydrogens (tertiary/aromatic N) is 2. The van der Waals surface area contributed by atoms with Crippen LogP contribution < -0.4 is 11.1 Å². The number of carbonyl (C=O) groups excluding carboxylic acids is 2. The highest BCUT2D eigenvalue weighted by Gasteiger charge is 2.28. The van der Waals surface area contributed by atoms with Gasteiger partial charge >= 0.3 is 0 Å². The fourth-order valence-corrected chi connectivity index (χ4v) is 4.00. The second-order valence-electron chi connectivity index (χ2n) is 8.86. The van der Waals surface area contributed by atoms with Crippen molar-refractivity contribution in [2.75, 3.05) is 18.4 Å². The summed E-state index contributed by atoms with van der Waals surface area (Å²) in [5, 5.41) is 6.86. The van der Waals surface area contributed by atoms with E-state index in [1.165, 1.54) is 0 Å². The van der Waals surface area contributed by atoms with Crippen molar-refractivity contribution < 1.29 is 14.1 Å². The van der Waals surface area contributed by atoms with E-state index in [2.05, 4.69) is 26.4 Å². The van der Waals surface area contributed by atoms with E-state index in [-0.39, 0.29) is 17.2 Å². The average molecular weight is 513 g/mol. The van der Waals surface area contributed by atoms with Crippen LogP contribution in [-0.2, 0) is 6.54 Å². The molecule has 2 aromatic carbocycles. The molecule has 1 heterocycles. The number of amides is 2. The SMILES string of the molecule is Cc1noc(C)c1C(=O)N(Cc1cccc(NC(=O)c2ccccc2Br)c1)CC(C)(C)CN. The second-order valence-corrected chi connectivity index (χ2v) is 9.72. The first-order chi connectivity index (χ1) is 15.6. The molecule has 3 aromatic rings. The van der Waals surface area contributed by atoms with E-state index in [0.29, 0.717) is 47.9 Å². The number of halogens is 1. The normalized spacial score (nSPS) is 11.3. The number of benzene rings is 2. The van der Waals surface area contributed by atoms with Crippen molar-refractivity contribution >= 4 is 33.4 Å². The van der Waals surface area contributed by atoms with Gasteiger partial charge in [0.05, 0.1) is 11.3 Å². The van der Waals surface area contributed by atoms with Crippen molar-refractivity contribution in [3.63, 3.8) is 0 Å². The standard InChI is InChI=1S/C25H29BrN4O3/c1-16-22(17(2)33-29-16)24(32)30(15-25(3,4)14-27)13-18-8-7-9-19(12-18)28-23(31)20-10-5-6-11-21(20)26/h5-12H,13-15,27H2,1-4H3,(H,28,31). The van der Waals surface area contributed by atoms with Crippen LogP contribution in [0.1, 0.15) is 51.6 Å². The Morgan fingerprint density at radius 1 is 1.15 bits per heavy atom. The van der Waals surface area contributed by atoms with Crippen LogP contribution in [0.15, 0.2) is 57.5 Å². The molecule has 0 aliphatic rings. The topological polar surface area (TPSA) is 101 Å². The molecular formula is C25H29BrN4O3. The predicted octanol–water partition coefficient (Wildman–Crippen LogP) is 4.93. The summed E-state index contributed by atoms with van der Waals surface area (Å²) in [7, 11) is 0. The Hall–Kier alpha value is -2.97. The van der Waals surface area contributed by atoms with E-state index in [1.807, 2.05) is 56.3 Å². The summed E-state index contributed by atoms with van der Waals surface area (Å²) in [5.41, 5.74) is 8.78. The molecule has 0 spiro atoms. The van der Waals surface area contributed by atoms with Crippen LogP contribution in [0.5, 0.6) is 0 Å². The van der Waals surface area contributed by atoms with Gasteiger partial charge in [-0.25, -0.2) is 0 Å². The highest BCUT2D eigenvalue weighted by atomic mass is 79.9. The van der Waals surface area contributed by atoms with Gasteiger partial charge in [-0.3, -0.25) is 9.59 Å². The fourth-order valence-electron chi connectivity index (χ4n) is 3.54. The first-order valence-corrected chi connectivity index (χ1v) is 11.5. The molecule has 0 aliphatic heterocycles. The number of aromatic nitrogens is 1. The average Bonchev–Trinajstić information content (AvgIpc) is 3.11. The smallest absolute Gasteiger partial charge is 0.259 e. The lowest BCUT2D eigenvalue weighted by Gasteiger charge is -2.32. The monoisotopic (exact) mass is 512 g/mol. The zero-order chi connectivity index (χ0) is 24.2. The number of aryl methyl sites for hydroxylation is 2. The van der Waals surface area contributed by atoms with Gasteiger partial charge in [-0.1, -0.05) is 43.3 Å². The summed E-state index contributed by atoms with van der Waals surface area (Å²) in [6, 6.07) is 14.7. The van der Waals surface area contributed by atoms with E-state index in [4.69, 9.17) is 10.3 Å². The minimum atomic E-state index is -0.278. The van der Waals surface area contributed by atoms with E-state index in [9.17, 15) is 9.59 Å². The molecule has 8 heteroatoms. The lowest BCUT2D eigenvalue weighted by molar-refractivity contribution is 0.0670. The van der Waals surface area contributed by atoms with E-state index < -0.39 is 0 Å². The van der Waals surface area contributed by atoms with Crippen molar-refractivity contribution in [3.05, 3.63) is 81.1 Å². The van der Waals surface area contributed by atoms with Crippen LogP contribution in [0.4, 0.5) is 5.69 Å². The number of rotatable bonds is 8. The molecule has 1 aromatic heterocycles. The van der Waals surface area contributed by atoms with Gasteiger partial charge in [-0.15, -0.1) is 0 Å². The quantitative estimate of drug-likeness (QED) is 0.445. The Balaban J connectivity index is 1.85. The Morgan fingerprint density at radius 2 is 1.88 bits per heavy atom. The summed E-state index contributed by atoms with van der Waals surface area (Å²) in [6.07, 6.45) is 0. The zero-order valence-corrected chi connectivity index (χ0v) is 20.9. The number of carbonyl (C=O) groups is 2. The van der Waals surface area contributed by atoms with Gasteiger partial charge in [0.1, 0.15) is 11.3 Å². The molecule has 0 unspecified atom stereocenters. The maximum Gasteiger partial charge on any atom is 0.259 e. The van der Waals surface area contributed by atoms with Crippen molar-refractivity contribution in [1.82, 2.24) is 10.1 Å². The Labute approximate surface area is 202 Å². The summed E-state index contributed by atoms with van der Waals surface area (Å²) in [4.78, 5) is 27.9. The third kappa shape index (κ3) is 6.09. The third-order valence-corrected chi connectivity index (χ3v) is 6.07. The van der Waals surface area contributed by atoms with Gasteiger partial charge in [0.15, 0.2) is 0 Å². The number of nitrogens with two attached hydrogens (primary N) is 1. The molecule has 174 valence electrons. The van der Waals surface area contributed by atoms with Crippen molar-refractivity contribution in [1.29, 1.82) is 0 Å². The summed E-state index contributed by atoms with van der Waals surface area (Å²) in [5.74, 6) is 0.116. The van der Waals surface area contributed by atoms with E-state index in [1.54, 1.807) is 24.8 Å². The van der Waals surface area contributed by atoms with Crippen molar-refractivity contribution in [2.45, 2.75) is 34.2 Å². The third-order valence-electron chi connectivity index (χ3n) is 5.38. The lowest BCUT2D eigenvalue weighted by Crippen LogP contribution is -2.42.